The molecule has 1 atom stereocenters. The maximum Gasteiger partial charge on any atom is 0.426 e. The van der Waals surface area contributed by atoms with E-state index in [4.69, 9.17) is 20.9 Å². The summed E-state index contributed by atoms with van der Waals surface area (Å²) >= 11 is 0. The molecule has 5 nitrogen and oxygen atoms in total. The van der Waals surface area contributed by atoms with E-state index in [0.29, 0.717) is 36.2 Å². The van der Waals surface area contributed by atoms with Crippen molar-refractivity contribution in [1.29, 1.82) is 0 Å². The number of benzene rings is 3. The molecule has 0 aliphatic heterocycles. The van der Waals surface area contributed by atoms with Crippen LogP contribution in [-0.2, 0) is 22.1 Å². The number of carbonyl (C=O) groups is 1. The van der Waals surface area contributed by atoms with Gasteiger partial charge in [-0.05, 0) is 78.4 Å². The first kappa shape index (κ1) is 31.4. The van der Waals surface area contributed by atoms with Gasteiger partial charge in [0.25, 0.3) is 0 Å². The number of rotatable bonds is 13. The van der Waals surface area contributed by atoms with E-state index in [0.717, 1.165) is 11.1 Å². The van der Waals surface area contributed by atoms with Crippen molar-refractivity contribution in [3.8, 4) is 5.75 Å². The Balaban J connectivity index is 1.46. The van der Waals surface area contributed by atoms with Crippen molar-refractivity contribution in [2.75, 3.05) is 18.1 Å². The normalized spacial score (nSPS) is 12.8. The van der Waals surface area contributed by atoms with Gasteiger partial charge in [0.15, 0.2) is 0 Å². The van der Waals surface area contributed by atoms with E-state index in [9.17, 15) is 26.7 Å². The van der Waals surface area contributed by atoms with Gasteiger partial charge < -0.3 is 20.9 Å². The van der Waals surface area contributed by atoms with Crippen LogP contribution in [0.2, 0.25) is 0 Å². The zero-order valence-corrected chi connectivity index (χ0v) is 22.6. The lowest BCUT2D eigenvalue weighted by Crippen LogP contribution is -2.21. The fraction of sp³-hybridized carbons (Fsp3) is 0.323. The number of nitrogens with two attached hydrogens (primary N) is 2. The Labute approximate surface area is 235 Å². The number of nitrogen functional groups attached to an aromatic ring is 2. The zero-order valence-electron chi connectivity index (χ0n) is 22.6. The number of hydrogen-bond acceptors (Lipinski definition) is 5. The Morgan fingerprint density at radius 1 is 0.902 bits per heavy atom. The van der Waals surface area contributed by atoms with Crippen molar-refractivity contribution in [2.24, 2.45) is 0 Å². The second-order valence-corrected chi connectivity index (χ2v) is 9.81. The number of anilines is 2. The predicted molar refractivity (Wildman–Crippen MR) is 149 cm³/mol. The quantitative estimate of drug-likeness (QED) is 0.0708. The fourth-order valence-corrected chi connectivity index (χ4v) is 4.10. The smallest absolute Gasteiger partial charge is 0.426 e. The standard InChI is InChI=1S/C31H33F5N2O3/c1-21(27-16-13-25(37)19-28(27)38)20-40-29(39)17-10-23-8-14-26(15-9-23)41-31(35,36)24-11-6-22(7-12-24)5-3-2-4-18-30(32,33)34/h6-17,19,21H,2-5,18,20,37-38H2,1H3/b17-10+. The molecule has 0 radical (unpaired) electrons. The van der Waals surface area contributed by atoms with E-state index in [-0.39, 0.29) is 30.3 Å². The summed E-state index contributed by atoms with van der Waals surface area (Å²) in [5.41, 5.74) is 14.5. The summed E-state index contributed by atoms with van der Waals surface area (Å²) in [4.78, 5) is 12.1. The Morgan fingerprint density at radius 3 is 2.22 bits per heavy atom. The van der Waals surface area contributed by atoms with Crippen LogP contribution in [0.25, 0.3) is 6.08 Å². The molecule has 1 unspecified atom stereocenters. The van der Waals surface area contributed by atoms with Crippen molar-refractivity contribution in [2.45, 2.75) is 57.2 Å². The van der Waals surface area contributed by atoms with Gasteiger partial charge in [0.05, 0.1) is 12.2 Å². The van der Waals surface area contributed by atoms with E-state index in [1.165, 1.54) is 60.7 Å². The number of halogens is 5. The molecule has 0 amide bonds. The number of alkyl halides is 5. The average Bonchev–Trinajstić information content (AvgIpc) is 2.90. The molecule has 3 aromatic rings. The number of hydrogen-bond donors (Lipinski definition) is 2. The minimum Gasteiger partial charge on any atom is -0.462 e. The number of esters is 1. The number of ether oxygens (including phenoxy) is 2. The van der Waals surface area contributed by atoms with Crippen LogP contribution in [0.4, 0.5) is 33.3 Å². The molecule has 4 N–H and O–H groups in total. The van der Waals surface area contributed by atoms with Crippen molar-refractivity contribution < 1.29 is 36.2 Å². The topological polar surface area (TPSA) is 87.6 Å². The Bertz CT molecular complexity index is 1310. The molecule has 0 fully saturated rings. The summed E-state index contributed by atoms with van der Waals surface area (Å²) in [6.45, 7) is 1.98. The number of carbonyl (C=O) groups excluding carboxylic acids is 1. The fourth-order valence-electron chi connectivity index (χ4n) is 4.10. The first-order valence-electron chi connectivity index (χ1n) is 13.2. The molecular formula is C31H33F5N2O3. The molecule has 0 bridgehead atoms. The van der Waals surface area contributed by atoms with Gasteiger partial charge in [-0.3, -0.25) is 0 Å². The lowest BCUT2D eigenvalue weighted by molar-refractivity contribution is -0.185. The molecular weight excluding hydrogens is 543 g/mol. The second-order valence-electron chi connectivity index (χ2n) is 9.81. The first-order chi connectivity index (χ1) is 19.3. The molecule has 0 saturated carbocycles. The van der Waals surface area contributed by atoms with Gasteiger partial charge in [-0.1, -0.05) is 43.7 Å². The molecule has 3 rings (SSSR count). The third-order valence-electron chi connectivity index (χ3n) is 6.37. The predicted octanol–water partition coefficient (Wildman–Crippen LogP) is 8.00. The highest BCUT2D eigenvalue weighted by Crippen LogP contribution is 2.32. The van der Waals surface area contributed by atoms with Crippen LogP contribution in [0.15, 0.2) is 72.8 Å². The molecule has 41 heavy (non-hydrogen) atoms. The van der Waals surface area contributed by atoms with E-state index >= 15 is 0 Å². The van der Waals surface area contributed by atoms with Crippen LogP contribution >= 0.6 is 0 Å². The van der Waals surface area contributed by atoms with Crippen LogP contribution in [0.3, 0.4) is 0 Å². The molecule has 3 aromatic carbocycles. The number of unbranched alkanes of at least 4 members (excludes halogenated alkanes) is 2. The monoisotopic (exact) mass is 576 g/mol. The Hall–Kier alpha value is -4.08. The third-order valence-corrected chi connectivity index (χ3v) is 6.37. The molecule has 0 heterocycles. The van der Waals surface area contributed by atoms with Gasteiger partial charge >= 0.3 is 18.3 Å². The van der Waals surface area contributed by atoms with Crippen molar-refractivity contribution in [3.05, 3.63) is 95.1 Å². The van der Waals surface area contributed by atoms with E-state index in [2.05, 4.69) is 0 Å². The molecule has 0 saturated heterocycles. The largest absolute Gasteiger partial charge is 0.462 e. The SMILES string of the molecule is CC(COC(=O)/C=C/c1ccc(OC(F)(F)c2ccc(CCCCCC(F)(F)F)cc2)cc1)c1ccc(N)cc1N. The van der Waals surface area contributed by atoms with Gasteiger partial charge in [0.2, 0.25) is 0 Å². The molecule has 0 spiro atoms. The summed E-state index contributed by atoms with van der Waals surface area (Å²) < 4.78 is 76.2. The zero-order chi connectivity index (χ0) is 30.0. The molecule has 220 valence electrons. The Morgan fingerprint density at radius 2 is 1.59 bits per heavy atom. The minimum atomic E-state index is -4.16. The summed E-state index contributed by atoms with van der Waals surface area (Å²) in [7, 11) is 0. The molecule has 0 aromatic heterocycles. The van der Waals surface area contributed by atoms with Crippen LogP contribution in [0.5, 0.6) is 5.75 Å². The molecule has 10 heteroatoms. The van der Waals surface area contributed by atoms with Gasteiger partial charge in [0, 0.05) is 29.8 Å². The van der Waals surface area contributed by atoms with Crippen LogP contribution in [-0.4, -0.2) is 18.8 Å². The Kier molecular flexibility index (Phi) is 10.7. The van der Waals surface area contributed by atoms with Crippen molar-refractivity contribution in [1.82, 2.24) is 0 Å². The third kappa shape index (κ3) is 10.4. The maximum absolute atomic E-state index is 14.7. The highest BCUT2D eigenvalue weighted by Gasteiger charge is 2.34. The number of aryl methyl sites for hydroxylation is 1. The summed E-state index contributed by atoms with van der Waals surface area (Å²) in [5, 5.41) is 0. The highest BCUT2D eigenvalue weighted by atomic mass is 19.4. The molecule has 0 aliphatic carbocycles. The van der Waals surface area contributed by atoms with Crippen molar-refractivity contribution >= 4 is 23.4 Å². The van der Waals surface area contributed by atoms with Crippen LogP contribution < -0.4 is 16.2 Å². The van der Waals surface area contributed by atoms with E-state index in [1.807, 2.05) is 6.92 Å². The van der Waals surface area contributed by atoms with E-state index < -0.39 is 24.7 Å². The van der Waals surface area contributed by atoms with Crippen LogP contribution in [0.1, 0.15) is 60.8 Å². The highest BCUT2D eigenvalue weighted by molar-refractivity contribution is 5.87. The maximum atomic E-state index is 14.7. The van der Waals surface area contributed by atoms with Gasteiger partial charge in [-0.25, -0.2) is 4.79 Å². The first-order valence-corrected chi connectivity index (χ1v) is 13.2. The lowest BCUT2D eigenvalue weighted by Gasteiger charge is -2.18. The van der Waals surface area contributed by atoms with Gasteiger partial charge in [-0.2, -0.15) is 22.0 Å². The van der Waals surface area contributed by atoms with Crippen molar-refractivity contribution in [3.63, 3.8) is 0 Å². The lowest BCUT2D eigenvalue weighted by atomic mass is 10.00. The van der Waals surface area contributed by atoms with Gasteiger partial charge in [-0.15, -0.1) is 0 Å². The van der Waals surface area contributed by atoms with Crippen LogP contribution in [0, 0.1) is 0 Å². The summed E-state index contributed by atoms with van der Waals surface area (Å²) in [6.07, 6.45) is -4.35. The summed E-state index contributed by atoms with van der Waals surface area (Å²) in [6, 6.07) is 16.5. The van der Waals surface area contributed by atoms with E-state index in [1.54, 1.807) is 18.2 Å². The van der Waals surface area contributed by atoms with Gasteiger partial charge in [0.1, 0.15) is 5.75 Å². The molecule has 0 aliphatic rings. The minimum absolute atomic E-state index is 0.0483. The summed E-state index contributed by atoms with van der Waals surface area (Å²) in [5.74, 6) is -0.778. The second kappa shape index (κ2) is 14.0. The average molecular weight is 577 g/mol.